The van der Waals surface area contributed by atoms with Crippen molar-refractivity contribution in [1.29, 1.82) is 0 Å². The molecule has 0 atom stereocenters. The lowest BCUT2D eigenvalue weighted by molar-refractivity contribution is -0.144. The second-order valence-electron chi connectivity index (χ2n) is 7.54. The number of hydrogen-bond acceptors (Lipinski definition) is 7. The smallest absolute Gasteiger partial charge is 0.282 e. The lowest BCUT2D eigenvalue weighted by Gasteiger charge is -2.17. The van der Waals surface area contributed by atoms with Crippen molar-refractivity contribution < 1.29 is 14.4 Å². The minimum absolute atomic E-state index is 0.0917. The number of rotatable bonds is 4. The van der Waals surface area contributed by atoms with Crippen molar-refractivity contribution in [3.8, 4) is 5.69 Å². The number of imide groups is 1. The normalized spacial score (nSPS) is 10.7. The molecule has 0 fully saturated rings. The standard InChI is InChI=1S/C24H21N5O4S/c1-14-9-11-18(12-10-14)28-13-25-20-19(24(28)33)23(26-17-7-5-4-6-8-17)34-21(20)22(32)27-29(15(2)30)16(3)31/h4-13,26H,1-3H3,(H,27,32). The summed E-state index contributed by atoms with van der Waals surface area (Å²) in [6.07, 6.45) is 1.36. The van der Waals surface area contributed by atoms with E-state index in [1.165, 1.54) is 10.9 Å². The fraction of sp³-hybridized carbons (Fsp3) is 0.125. The van der Waals surface area contributed by atoms with E-state index in [4.69, 9.17) is 0 Å². The highest BCUT2D eigenvalue weighted by Crippen LogP contribution is 2.35. The van der Waals surface area contributed by atoms with Gasteiger partial charge in [0.05, 0.1) is 5.69 Å². The third-order valence-corrected chi connectivity index (χ3v) is 6.10. The molecule has 0 saturated carbocycles. The molecule has 0 unspecified atom stereocenters. The molecule has 172 valence electrons. The van der Waals surface area contributed by atoms with E-state index < -0.39 is 17.7 Å². The van der Waals surface area contributed by atoms with Crippen LogP contribution >= 0.6 is 11.3 Å². The topological polar surface area (TPSA) is 113 Å². The summed E-state index contributed by atoms with van der Waals surface area (Å²) in [5.74, 6) is -2.00. The van der Waals surface area contributed by atoms with Crippen molar-refractivity contribution in [3.05, 3.63) is 81.7 Å². The molecule has 10 heteroatoms. The van der Waals surface area contributed by atoms with Crippen molar-refractivity contribution >= 4 is 50.6 Å². The van der Waals surface area contributed by atoms with Crippen LogP contribution in [0.1, 0.15) is 29.1 Å². The lowest BCUT2D eigenvalue weighted by Crippen LogP contribution is -2.47. The van der Waals surface area contributed by atoms with Gasteiger partial charge in [0.2, 0.25) is 11.8 Å². The highest BCUT2D eigenvalue weighted by atomic mass is 32.1. The number of carbonyl (C=O) groups is 3. The first-order valence-corrected chi connectivity index (χ1v) is 11.1. The number of fused-ring (bicyclic) bond motifs is 1. The maximum Gasteiger partial charge on any atom is 0.282 e. The van der Waals surface area contributed by atoms with Crippen LogP contribution < -0.4 is 16.3 Å². The number of thiophene rings is 1. The summed E-state index contributed by atoms with van der Waals surface area (Å²) in [6, 6.07) is 16.6. The Balaban J connectivity index is 1.87. The minimum Gasteiger partial charge on any atom is -0.346 e. The van der Waals surface area contributed by atoms with Crippen LogP contribution in [-0.4, -0.2) is 32.3 Å². The van der Waals surface area contributed by atoms with E-state index in [1.54, 1.807) is 0 Å². The van der Waals surface area contributed by atoms with Gasteiger partial charge in [-0.3, -0.25) is 29.2 Å². The molecule has 34 heavy (non-hydrogen) atoms. The molecule has 4 aromatic rings. The molecular weight excluding hydrogens is 454 g/mol. The van der Waals surface area contributed by atoms with Gasteiger partial charge in [0.15, 0.2) is 0 Å². The summed E-state index contributed by atoms with van der Waals surface area (Å²) < 4.78 is 1.41. The molecule has 0 aliphatic rings. The Hall–Kier alpha value is -4.31. The summed E-state index contributed by atoms with van der Waals surface area (Å²) in [4.78, 5) is 54.6. The Morgan fingerprint density at radius 1 is 0.971 bits per heavy atom. The maximum absolute atomic E-state index is 13.5. The summed E-state index contributed by atoms with van der Waals surface area (Å²) in [7, 11) is 0. The van der Waals surface area contributed by atoms with Crippen molar-refractivity contribution in [2.75, 3.05) is 5.32 Å². The third kappa shape index (κ3) is 4.44. The molecule has 0 bridgehead atoms. The number of anilines is 2. The molecule has 0 aliphatic carbocycles. The second kappa shape index (κ2) is 9.28. The van der Waals surface area contributed by atoms with Gasteiger partial charge in [0, 0.05) is 19.5 Å². The molecule has 0 aliphatic heterocycles. The lowest BCUT2D eigenvalue weighted by atomic mass is 10.2. The number of amides is 3. The predicted molar refractivity (Wildman–Crippen MR) is 130 cm³/mol. The summed E-state index contributed by atoms with van der Waals surface area (Å²) in [6.45, 7) is 4.27. The van der Waals surface area contributed by atoms with Crippen LogP contribution in [0, 0.1) is 6.92 Å². The molecule has 2 aromatic carbocycles. The third-order valence-electron chi connectivity index (χ3n) is 5.01. The molecule has 2 heterocycles. The predicted octanol–water partition coefficient (Wildman–Crippen LogP) is 3.54. The number of nitrogens with one attached hydrogen (secondary N) is 2. The molecule has 0 spiro atoms. The van der Waals surface area contributed by atoms with Gasteiger partial charge in [-0.25, -0.2) is 4.98 Å². The van der Waals surface area contributed by atoms with E-state index in [1.807, 2.05) is 61.5 Å². The van der Waals surface area contributed by atoms with E-state index in [2.05, 4.69) is 15.7 Å². The van der Waals surface area contributed by atoms with Gasteiger partial charge in [0.25, 0.3) is 11.5 Å². The second-order valence-corrected chi connectivity index (χ2v) is 8.57. The Bertz CT molecular complexity index is 1440. The summed E-state index contributed by atoms with van der Waals surface area (Å²) in [5, 5.41) is 4.44. The average Bonchev–Trinajstić information content (AvgIpc) is 3.17. The molecule has 0 saturated heterocycles. The van der Waals surface area contributed by atoms with Gasteiger partial charge < -0.3 is 5.32 Å². The van der Waals surface area contributed by atoms with Crippen molar-refractivity contribution in [2.45, 2.75) is 20.8 Å². The van der Waals surface area contributed by atoms with E-state index >= 15 is 0 Å². The van der Waals surface area contributed by atoms with Crippen molar-refractivity contribution in [3.63, 3.8) is 0 Å². The quantitative estimate of drug-likeness (QED) is 0.437. The number of benzene rings is 2. The fourth-order valence-electron chi connectivity index (χ4n) is 3.35. The molecule has 2 N–H and O–H groups in total. The number of nitrogens with zero attached hydrogens (tertiary/aromatic N) is 3. The maximum atomic E-state index is 13.5. The molecule has 2 aromatic heterocycles. The molecule has 4 rings (SSSR count). The van der Waals surface area contributed by atoms with E-state index in [9.17, 15) is 19.2 Å². The zero-order chi connectivity index (χ0) is 24.4. The first-order valence-electron chi connectivity index (χ1n) is 10.3. The molecule has 0 radical (unpaired) electrons. The number of para-hydroxylation sites is 1. The van der Waals surface area contributed by atoms with Gasteiger partial charge in [0.1, 0.15) is 27.1 Å². The Morgan fingerprint density at radius 2 is 1.62 bits per heavy atom. The molecule has 9 nitrogen and oxygen atoms in total. The number of carbonyl (C=O) groups excluding carboxylic acids is 3. The van der Waals surface area contributed by atoms with Crippen LogP contribution in [0.5, 0.6) is 0 Å². The van der Waals surface area contributed by atoms with Gasteiger partial charge in [-0.2, -0.15) is 5.01 Å². The van der Waals surface area contributed by atoms with Crippen LogP contribution in [0.4, 0.5) is 10.7 Å². The average molecular weight is 476 g/mol. The zero-order valence-corrected chi connectivity index (χ0v) is 19.5. The summed E-state index contributed by atoms with van der Waals surface area (Å²) in [5.41, 5.74) is 4.51. The molecular formula is C24H21N5O4S. The van der Waals surface area contributed by atoms with Crippen molar-refractivity contribution in [2.24, 2.45) is 0 Å². The number of aromatic nitrogens is 2. The fourth-order valence-corrected chi connectivity index (χ4v) is 4.40. The Morgan fingerprint density at radius 3 is 2.24 bits per heavy atom. The first kappa shape index (κ1) is 22.9. The first-order chi connectivity index (χ1) is 16.3. The van der Waals surface area contributed by atoms with Crippen LogP contribution in [0.3, 0.4) is 0 Å². The van der Waals surface area contributed by atoms with Gasteiger partial charge in [-0.15, -0.1) is 11.3 Å². The van der Waals surface area contributed by atoms with Gasteiger partial charge in [-0.05, 0) is 31.2 Å². The number of hydrazine groups is 1. The van der Waals surface area contributed by atoms with Crippen LogP contribution in [0.25, 0.3) is 16.6 Å². The van der Waals surface area contributed by atoms with Crippen LogP contribution in [0.2, 0.25) is 0 Å². The SMILES string of the molecule is CC(=O)N(NC(=O)c1sc(Nc2ccccc2)c2c(=O)n(-c3ccc(C)cc3)cnc12)C(C)=O. The van der Waals surface area contributed by atoms with Gasteiger partial charge in [-0.1, -0.05) is 35.9 Å². The zero-order valence-electron chi connectivity index (χ0n) is 18.7. The van der Waals surface area contributed by atoms with E-state index in [0.717, 1.165) is 36.4 Å². The number of hydrogen-bond donors (Lipinski definition) is 2. The monoisotopic (exact) mass is 475 g/mol. The number of aryl methyl sites for hydroxylation is 1. The van der Waals surface area contributed by atoms with Crippen molar-refractivity contribution in [1.82, 2.24) is 20.0 Å². The Kier molecular flexibility index (Phi) is 6.24. The highest BCUT2D eigenvalue weighted by Gasteiger charge is 2.25. The van der Waals surface area contributed by atoms with E-state index in [0.29, 0.717) is 15.7 Å². The summed E-state index contributed by atoms with van der Waals surface area (Å²) >= 11 is 1.01. The van der Waals surface area contributed by atoms with E-state index in [-0.39, 0.29) is 21.3 Å². The van der Waals surface area contributed by atoms with Crippen LogP contribution in [-0.2, 0) is 9.59 Å². The molecule has 3 amide bonds. The van der Waals surface area contributed by atoms with Crippen LogP contribution in [0.15, 0.2) is 65.7 Å². The highest BCUT2D eigenvalue weighted by molar-refractivity contribution is 7.20. The Labute approximate surface area is 198 Å². The minimum atomic E-state index is -0.721. The van der Waals surface area contributed by atoms with Gasteiger partial charge >= 0.3 is 0 Å². The largest absolute Gasteiger partial charge is 0.346 e.